The van der Waals surface area contributed by atoms with Gasteiger partial charge < -0.3 is 11.1 Å². The monoisotopic (exact) mass is 239 g/mol. The van der Waals surface area contributed by atoms with Crippen molar-refractivity contribution >= 4 is 5.91 Å². The van der Waals surface area contributed by atoms with Gasteiger partial charge in [0.25, 0.3) is 0 Å². The quantitative estimate of drug-likeness (QED) is 0.746. The average Bonchev–Trinajstić information content (AvgIpc) is 2.84. The molecule has 1 saturated carbocycles. The van der Waals surface area contributed by atoms with Crippen molar-refractivity contribution in [3.8, 4) is 0 Å². The molecule has 4 nitrogen and oxygen atoms in total. The van der Waals surface area contributed by atoms with Crippen LogP contribution in [0.15, 0.2) is 0 Å². The standard InChI is InChI=1S/C13H25N3O/c1-9(14)11(17)15-10-7-16(12(2,3)4)8-13(10)5-6-13/h9-10H,5-8,14H2,1-4H3,(H,15,17)/t9-,10?/m0/s1. The third-order valence-corrected chi connectivity index (χ3v) is 4.22. The van der Waals surface area contributed by atoms with Gasteiger partial charge in [0, 0.05) is 30.1 Å². The van der Waals surface area contributed by atoms with Crippen molar-refractivity contribution in [1.82, 2.24) is 10.2 Å². The Balaban J connectivity index is 2.02. The van der Waals surface area contributed by atoms with Crippen molar-refractivity contribution < 1.29 is 4.79 Å². The van der Waals surface area contributed by atoms with E-state index in [1.807, 2.05) is 0 Å². The second kappa shape index (κ2) is 3.95. The molecule has 3 N–H and O–H groups in total. The summed E-state index contributed by atoms with van der Waals surface area (Å²) in [6, 6.07) is -0.116. The number of nitrogens with zero attached hydrogens (tertiary/aromatic N) is 1. The lowest BCUT2D eigenvalue weighted by molar-refractivity contribution is -0.123. The molecule has 0 aromatic heterocycles. The van der Waals surface area contributed by atoms with Gasteiger partial charge in [-0.3, -0.25) is 9.69 Å². The predicted molar refractivity (Wildman–Crippen MR) is 68.6 cm³/mol. The van der Waals surface area contributed by atoms with Crippen LogP contribution in [0.5, 0.6) is 0 Å². The molecular formula is C13H25N3O. The minimum absolute atomic E-state index is 0.0166. The van der Waals surface area contributed by atoms with E-state index in [4.69, 9.17) is 5.73 Å². The molecule has 1 amide bonds. The van der Waals surface area contributed by atoms with Crippen LogP contribution in [0.4, 0.5) is 0 Å². The topological polar surface area (TPSA) is 58.4 Å². The highest BCUT2D eigenvalue weighted by Crippen LogP contribution is 2.53. The summed E-state index contributed by atoms with van der Waals surface area (Å²) in [5, 5.41) is 3.13. The summed E-state index contributed by atoms with van der Waals surface area (Å²) in [5.74, 6) is -0.0166. The fourth-order valence-electron chi connectivity index (χ4n) is 2.65. The van der Waals surface area contributed by atoms with Crippen molar-refractivity contribution in [3.63, 3.8) is 0 Å². The third kappa shape index (κ3) is 2.47. The Morgan fingerprint density at radius 1 is 1.47 bits per heavy atom. The maximum absolute atomic E-state index is 11.7. The number of amides is 1. The second-order valence-electron chi connectivity index (χ2n) is 6.76. The van der Waals surface area contributed by atoms with Gasteiger partial charge in [-0.1, -0.05) is 0 Å². The van der Waals surface area contributed by atoms with Crippen LogP contribution in [0.3, 0.4) is 0 Å². The van der Waals surface area contributed by atoms with Gasteiger partial charge in [-0.2, -0.15) is 0 Å². The lowest BCUT2D eigenvalue weighted by atomic mass is 10.0. The molecule has 2 fully saturated rings. The Labute approximate surface area is 104 Å². The van der Waals surface area contributed by atoms with Gasteiger partial charge in [-0.25, -0.2) is 0 Å². The molecule has 2 aliphatic rings. The highest BCUT2D eigenvalue weighted by atomic mass is 16.2. The van der Waals surface area contributed by atoms with E-state index < -0.39 is 6.04 Å². The molecule has 1 unspecified atom stereocenters. The summed E-state index contributed by atoms with van der Waals surface area (Å²) in [6.45, 7) is 10.5. The van der Waals surface area contributed by atoms with Gasteiger partial charge in [0.15, 0.2) is 0 Å². The molecule has 17 heavy (non-hydrogen) atoms. The first-order valence-electron chi connectivity index (χ1n) is 6.56. The van der Waals surface area contributed by atoms with Crippen LogP contribution in [0.2, 0.25) is 0 Å². The van der Waals surface area contributed by atoms with E-state index in [1.54, 1.807) is 6.92 Å². The molecule has 1 aliphatic heterocycles. The molecule has 1 saturated heterocycles. The number of rotatable bonds is 2. The molecule has 1 spiro atoms. The zero-order chi connectivity index (χ0) is 12.8. The average molecular weight is 239 g/mol. The zero-order valence-corrected chi connectivity index (χ0v) is 11.4. The first-order chi connectivity index (χ1) is 7.74. The SMILES string of the molecule is C[C@H](N)C(=O)NC1CN(C(C)(C)C)CC12CC2. The van der Waals surface area contributed by atoms with Crippen molar-refractivity contribution in [2.45, 2.75) is 58.2 Å². The van der Waals surface area contributed by atoms with Gasteiger partial charge in [0.2, 0.25) is 5.91 Å². The molecular weight excluding hydrogens is 214 g/mol. The molecule has 0 aromatic carbocycles. The number of nitrogens with two attached hydrogens (primary N) is 1. The maximum Gasteiger partial charge on any atom is 0.236 e. The van der Waals surface area contributed by atoms with Crippen molar-refractivity contribution in [2.24, 2.45) is 11.1 Å². The first kappa shape index (κ1) is 12.8. The molecule has 1 heterocycles. The van der Waals surface area contributed by atoms with Crippen LogP contribution >= 0.6 is 0 Å². The summed E-state index contributed by atoms with van der Waals surface area (Å²) in [4.78, 5) is 14.2. The minimum atomic E-state index is -0.408. The molecule has 2 rings (SSSR count). The number of hydrogen-bond acceptors (Lipinski definition) is 3. The van der Waals surface area contributed by atoms with Crippen molar-refractivity contribution in [1.29, 1.82) is 0 Å². The van der Waals surface area contributed by atoms with Crippen LogP contribution in [-0.4, -0.2) is 41.5 Å². The fourth-order valence-corrected chi connectivity index (χ4v) is 2.65. The Morgan fingerprint density at radius 3 is 2.47 bits per heavy atom. The molecule has 98 valence electrons. The van der Waals surface area contributed by atoms with E-state index in [9.17, 15) is 4.79 Å². The molecule has 0 bridgehead atoms. The molecule has 0 radical (unpaired) electrons. The van der Waals surface area contributed by atoms with Crippen molar-refractivity contribution in [2.75, 3.05) is 13.1 Å². The smallest absolute Gasteiger partial charge is 0.236 e. The summed E-state index contributed by atoms with van der Waals surface area (Å²) in [6.07, 6.45) is 2.48. The summed E-state index contributed by atoms with van der Waals surface area (Å²) in [5.41, 5.74) is 6.15. The Morgan fingerprint density at radius 2 is 2.06 bits per heavy atom. The Hall–Kier alpha value is -0.610. The molecule has 1 aliphatic carbocycles. The van der Waals surface area contributed by atoms with Crippen LogP contribution in [0.25, 0.3) is 0 Å². The van der Waals surface area contributed by atoms with Crippen LogP contribution in [0.1, 0.15) is 40.5 Å². The summed E-state index contributed by atoms with van der Waals surface area (Å²) < 4.78 is 0. The van der Waals surface area contributed by atoms with E-state index >= 15 is 0 Å². The van der Waals surface area contributed by atoms with Gasteiger partial charge >= 0.3 is 0 Å². The van der Waals surface area contributed by atoms with E-state index in [0.29, 0.717) is 11.5 Å². The van der Waals surface area contributed by atoms with Crippen molar-refractivity contribution in [3.05, 3.63) is 0 Å². The number of carbonyl (C=O) groups is 1. The predicted octanol–water partition coefficient (Wildman–Crippen LogP) is 0.713. The Kier molecular flexibility index (Phi) is 2.99. The number of hydrogen-bond donors (Lipinski definition) is 2. The highest BCUT2D eigenvalue weighted by molar-refractivity contribution is 5.81. The van der Waals surface area contributed by atoms with Crippen LogP contribution in [-0.2, 0) is 4.79 Å². The number of nitrogens with one attached hydrogen (secondary N) is 1. The lowest BCUT2D eigenvalue weighted by Crippen LogP contribution is -2.48. The first-order valence-corrected chi connectivity index (χ1v) is 6.56. The Bertz CT molecular complexity index is 315. The second-order valence-corrected chi connectivity index (χ2v) is 6.76. The molecule has 4 heteroatoms. The van der Waals surface area contributed by atoms with E-state index in [-0.39, 0.29) is 11.4 Å². The lowest BCUT2D eigenvalue weighted by Gasteiger charge is -2.31. The van der Waals surface area contributed by atoms with Gasteiger partial charge in [-0.15, -0.1) is 0 Å². The summed E-state index contributed by atoms with van der Waals surface area (Å²) >= 11 is 0. The minimum Gasteiger partial charge on any atom is -0.350 e. The van der Waals surface area contributed by atoms with Crippen LogP contribution in [0, 0.1) is 5.41 Å². The van der Waals surface area contributed by atoms with Gasteiger partial charge in [-0.05, 0) is 40.5 Å². The highest BCUT2D eigenvalue weighted by Gasteiger charge is 2.56. The normalized spacial score (nSPS) is 29.4. The van der Waals surface area contributed by atoms with Gasteiger partial charge in [0.05, 0.1) is 6.04 Å². The van der Waals surface area contributed by atoms with E-state index in [2.05, 4.69) is 31.0 Å². The fraction of sp³-hybridized carbons (Fsp3) is 0.923. The van der Waals surface area contributed by atoms with Gasteiger partial charge in [0.1, 0.15) is 0 Å². The number of likely N-dealkylation sites (tertiary alicyclic amines) is 1. The zero-order valence-electron chi connectivity index (χ0n) is 11.4. The van der Waals surface area contributed by atoms with E-state index in [1.165, 1.54) is 12.8 Å². The maximum atomic E-state index is 11.7. The largest absolute Gasteiger partial charge is 0.350 e. The molecule has 2 atom stereocenters. The van der Waals surface area contributed by atoms with Crippen LogP contribution < -0.4 is 11.1 Å². The molecule has 0 aromatic rings. The third-order valence-electron chi connectivity index (χ3n) is 4.22. The summed E-state index contributed by atoms with van der Waals surface area (Å²) in [7, 11) is 0. The van der Waals surface area contributed by atoms with E-state index in [0.717, 1.165) is 13.1 Å². The number of carbonyl (C=O) groups excluding carboxylic acids is 1.